The molecule has 0 radical (unpaired) electrons. The first-order valence-corrected chi connectivity index (χ1v) is 7.73. The smallest absolute Gasteiger partial charge is 0.00495 e. The van der Waals surface area contributed by atoms with Gasteiger partial charge in [-0.05, 0) is 43.1 Å². The van der Waals surface area contributed by atoms with Crippen molar-refractivity contribution in [2.75, 3.05) is 11.5 Å². The molecule has 14 heavy (non-hydrogen) atoms. The molecule has 2 unspecified atom stereocenters. The average Bonchev–Trinajstić information content (AvgIpc) is 2.18. The van der Waals surface area contributed by atoms with Crippen molar-refractivity contribution in [3.05, 3.63) is 0 Å². The summed E-state index contributed by atoms with van der Waals surface area (Å²) in [4.78, 5) is 0. The van der Waals surface area contributed by atoms with Crippen LogP contribution in [0.3, 0.4) is 0 Å². The fourth-order valence-corrected chi connectivity index (χ4v) is 3.90. The Balaban J connectivity index is 1.95. The molecule has 0 saturated heterocycles. The van der Waals surface area contributed by atoms with Crippen LogP contribution in [0, 0.1) is 5.92 Å². The first-order valence-electron chi connectivity index (χ1n) is 6.05. The van der Waals surface area contributed by atoms with E-state index in [-0.39, 0.29) is 0 Å². The van der Waals surface area contributed by atoms with Gasteiger partial charge in [-0.3, -0.25) is 0 Å². The Hall–Kier alpha value is 0.700. The van der Waals surface area contributed by atoms with Crippen LogP contribution < -0.4 is 0 Å². The summed E-state index contributed by atoms with van der Waals surface area (Å²) in [5.41, 5.74) is 0. The van der Waals surface area contributed by atoms with E-state index in [9.17, 15) is 0 Å². The average molecular weight is 232 g/mol. The zero-order valence-corrected chi connectivity index (χ0v) is 11.1. The van der Waals surface area contributed by atoms with Crippen molar-refractivity contribution in [3.63, 3.8) is 0 Å². The Kier molecular flexibility index (Phi) is 7.23. The minimum Gasteiger partial charge on any atom is -0.179 e. The molecule has 1 fully saturated rings. The highest BCUT2D eigenvalue weighted by Crippen LogP contribution is 2.32. The highest BCUT2D eigenvalue weighted by molar-refractivity contribution is 7.99. The molecule has 1 aliphatic carbocycles. The predicted octanol–water partition coefficient (Wildman–Crippen LogP) is 4.40. The van der Waals surface area contributed by atoms with Gasteiger partial charge >= 0.3 is 0 Å². The maximum atomic E-state index is 4.23. The Bertz CT molecular complexity index is 136. The first kappa shape index (κ1) is 12.8. The zero-order chi connectivity index (χ0) is 10.2. The summed E-state index contributed by atoms with van der Waals surface area (Å²) in [5, 5.41) is 0.981. The Morgan fingerprint density at radius 2 is 2.07 bits per heavy atom. The molecule has 1 rings (SSSR count). The lowest BCUT2D eigenvalue weighted by Crippen LogP contribution is -2.15. The molecule has 0 aromatic carbocycles. The zero-order valence-electron chi connectivity index (χ0n) is 9.37. The van der Waals surface area contributed by atoms with E-state index in [4.69, 9.17) is 0 Å². The van der Waals surface area contributed by atoms with E-state index in [1.807, 2.05) is 0 Å². The number of hydrogen-bond acceptors (Lipinski definition) is 2. The van der Waals surface area contributed by atoms with Crippen molar-refractivity contribution >= 4 is 24.4 Å². The van der Waals surface area contributed by atoms with Crippen LogP contribution in [-0.2, 0) is 0 Å². The van der Waals surface area contributed by atoms with Crippen LogP contribution >= 0.6 is 24.4 Å². The molecular formula is C12H24S2. The van der Waals surface area contributed by atoms with E-state index in [2.05, 4.69) is 31.3 Å². The summed E-state index contributed by atoms with van der Waals surface area (Å²) >= 11 is 6.46. The lowest BCUT2D eigenvalue weighted by molar-refractivity contribution is 0.394. The van der Waals surface area contributed by atoms with Crippen molar-refractivity contribution in [2.24, 2.45) is 5.92 Å². The Morgan fingerprint density at radius 3 is 2.79 bits per heavy atom. The number of unbranched alkanes of at least 4 members (excludes halogenated alkanes) is 2. The molecule has 0 heterocycles. The SMILES string of the molecule is CC1CCCC(SCCCCCS)C1. The van der Waals surface area contributed by atoms with Crippen LogP contribution in [0.25, 0.3) is 0 Å². The summed E-state index contributed by atoms with van der Waals surface area (Å²) in [6.45, 7) is 2.41. The molecule has 1 saturated carbocycles. The summed E-state index contributed by atoms with van der Waals surface area (Å²) in [6, 6.07) is 0. The van der Waals surface area contributed by atoms with Gasteiger partial charge in [0.15, 0.2) is 0 Å². The van der Waals surface area contributed by atoms with Gasteiger partial charge in [0.05, 0.1) is 0 Å². The van der Waals surface area contributed by atoms with E-state index >= 15 is 0 Å². The standard InChI is InChI=1S/C12H24S2/c1-11-6-5-7-12(10-11)14-9-4-2-3-8-13/h11-13H,2-10H2,1H3. The van der Waals surface area contributed by atoms with E-state index in [0.717, 1.165) is 16.9 Å². The molecule has 0 amide bonds. The van der Waals surface area contributed by atoms with Gasteiger partial charge in [0.2, 0.25) is 0 Å². The Morgan fingerprint density at radius 1 is 1.21 bits per heavy atom. The first-order chi connectivity index (χ1) is 6.83. The number of rotatable bonds is 6. The van der Waals surface area contributed by atoms with Crippen molar-refractivity contribution in [1.29, 1.82) is 0 Å². The molecule has 2 atom stereocenters. The largest absolute Gasteiger partial charge is 0.179 e. The van der Waals surface area contributed by atoms with Crippen molar-refractivity contribution in [3.8, 4) is 0 Å². The van der Waals surface area contributed by atoms with E-state index in [1.165, 1.54) is 50.7 Å². The van der Waals surface area contributed by atoms with Crippen LogP contribution in [0.2, 0.25) is 0 Å². The molecule has 0 N–H and O–H groups in total. The Labute approximate surface area is 99.0 Å². The minimum atomic E-state index is 0.981. The topological polar surface area (TPSA) is 0 Å². The fraction of sp³-hybridized carbons (Fsp3) is 1.00. The molecule has 0 nitrogen and oxygen atoms in total. The van der Waals surface area contributed by atoms with Crippen molar-refractivity contribution < 1.29 is 0 Å². The third-order valence-corrected chi connectivity index (χ3v) is 4.78. The molecule has 2 heteroatoms. The third-order valence-electron chi connectivity index (χ3n) is 3.04. The van der Waals surface area contributed by atoms with E-state index in [1.54, 1.807) is 0 Å². The van der Waals surface area contributed by atoms with Gasteiger partial charge < -0.3 is 0 Å². The van der Waals surface area contributed by atoms with Crippen LogP contribution in [-0.4, -0.2) is 16.8 Å². The number of thiol groups is 1. The summed E-state index contributed by atoms with van der Waals surface area (Å²) in [6.07, 6.45) is 9.95. The number of hydrogen-bond donors (Lipinski definition) is 1. The molecule has 0 bridgehead atoms. The third kappa shape index (κ3) is 5.55. The summed E-state index contributed by atoms with van der Waals surface area (Å²) in [5.74, 6) is 3.43. The van der Waals surface area contributed by atoms with Gasteiger partial charge in [-0.15, -0.1) is 0 Å². The van der Waals surface area contributed by atoms with Crippen LogP contribution in [0.1, 0.15) is 51.9 Å². The minimum absolute atomic E-state index is 0.981. The highest BCUT2D eigenvalue weighted by Gasteiger charge is 2.18. The molecule has 0 spiro atoms. The monoisotopic (exact) mass is 232 g/mol. The second kappa shape index (κ2) is 7.92. The van der Waals surface area contributed by atoms with E-state index < -0.39 is 0 Å². The van der Waals surface area contributed by atoms with Gasteiger partial charge in [-0.25, -0.2) is 0 Å². The molecular weight excluding hydrogens is 208 g/mol. The van der Waals surface area contributed by atoms with E-state index in [0.29, 0.717) is 0 Å². The van der Waals surface area contributed by atoms with Gasteiger partial charge in [-0.2, -0.15) is 24.4 Å². The quantitative estimate of drug-likeness (QED) is 0.523. The second-order valence-corrected chi connectivity index (χ2v) is 6.40. The lowest BCUT2D eigenvalue weighted by Gasteiger charge is -2.26. The van der Waals surface area contributed by atoms with Gasteiger partial charge in [0, 0.05) is 5.25 Å². The molecule has 1 aliphatic rings. The summed E-state index contributed by atoms with van der Waals surface area (Å²) in [7, 11) is 0. The number of thioether (sulfide) groups is 1. The molecule has 84 valence electrons. The molecule has 0 aliphatic heterocycles. The lowest BCUT2D eigenvalue weighted by atomic mass is 9.91. The van der Waals surface area contributed by atoms with Crippen molar-refractivity contribution in [2.45, 2.75) is 57.1 Å². The van der Waals surface area contributed by atoms with Gasteiger partial charge in [0.25, 0.3) is 0 Å². The second-order valence-electron chi connectivity index (χ2n) is 4.55. The molecule has 0 aromatic heterocycles. The predicted molar refractivity (Wildman–Crippen MR) is 71.6 cm³/mol. The molecule has 0 aromatic rings. The normalized spacial score (nSPS) is 27.9. The van der Waals surface area contributed by atoms with Crippen molar-refractivity contribution in [1.82, 2.24) is 0 Å². The van der Waals surface area contributed by atoms with Gasteiger partial charge in [-0.1, -0.05) is 26.2 Å². The van der Waals surface area contributed by atoms with Crippen LogP contribution in [0.5, 0.6) is 0 Å². The van der Waals surface area contributed by atoms with Gasteiger partial charge in [0.1, 0.15) is 0 Å². The maximum Gasteiger partial charge on any atom is 0.00495 e. The maximum absolute atomic E-state index is 4.23. The fourth-order valence-electron chi connectivity index (χ4n) is 2.17. The van der Waals surface area contributed by atoms with Crippen LogP contribution in [0.4, 0.5) is 0 Å². The summed E-state index contributed by atoms with van der Waals surface area (Å²) < 4.78 is 0. The van der Waals surface area contributed by atoms with Crippen LogP contribution in [0.15, 0.2) is 0 Å². The highest BCUT2D eigenvalue weighted by atomic mass is 32.2.